The number of nitrogens with zero attached hydrogens (tertiary/aromatic N) is 1. The maximum Gasteiger partial charge on any atom is 0.239 e. The van der Waals surface area contributed by atoms with Gasteiger partial charge in [-0.2, -0.15) is 0 Å². The highest BCUT2D eigenvalue weighted by Gasteiger charge is 2.16. The van der Waals surface area contributed by atoms with Crippen molar-refractivity contribution in [3.63, 3.8) is 0 Å². The summed E-state index contributed by atoms with van der Waals surface area (Å²) >= 11 is 3.01. The van der Waals surface area contributed by atoms with Crippen LogP contribution in [0.5, 0.6) is 5.75 Å². The van der Waals surface area contributed by atoms with Crippen molar-refractivity contribution < 1.29 is 9.53 Å². The average Bonchev–Trinajstić information content (AvgIpc) is 2.78. The van der Waals surface area contributed by atoms with Gasteiger partial charge in [0.05, 0.1) is 18.1 Å². The monoisotopic (exact) mass is 322 g/mol. The zero-order valence-corrected chi connectivity index (χ0v) is 14.1. The van der Waals surface area contributed by atoms with Crippen LogP contribution < -0.4 is 10.1 Å². The predicted octanol–water partition coefficient (Wildman–Crippen LogP) is 3.89. The Hall–Kier alpha value is -1.53. The smallest absolute Gasteiger partial charge is 0.239 e. The maximum atomic E-state index is 12.2. The van der Waals surface area contributed by atoms with Gasteiger partial charge in [-0.15, -0.1) is 23.1 Å². The van der Waals surface area contributed by atoms with Gasteiger partial charge in [-0.05, 0) is 45.0 Å². The summed E-state index contributed by atoms with van der Waals surface area (Å²) in [6, 6.07) is 7.68. The minimum atomic E-state index is -0.192. The number of nitrogens with one attached hydrogen (secondary N) is 1. The number of carbonyl (C=O) groups excluding carboxylic acids is 1. The van der Waals surface area contributed by atoms with Crippen molar-refractivity contribution in [3.05, 3.63) is 34.8 Å². The van der Waals surface area contributed by atoms with Gasteiger partial charge in [-0.3, -0.25) is 4.79 Å². The first-order valence-electron chi connectivity index (χ1n) is 6.55. The van der Waals surface area contributed by atoms with Gasteiger partial charge in [-0.25, -0.2) is 4.98 Å². The van der Waals surface area contributed by atoms with Crippen molar-refractivity contribution in [1.82, 2.24) is 4.98 Å². The SMILES string of the molecule is COc1ccc(SC(C)C(=O)Nc2nc(C)c(C)s2)cc1. The van der Waals surface area contributed by atoms with Gasteiger partial charge >= 0.3 is 0 Å². The van der Waals surface area contributed by atoms with Crippen LogP contribution in [0, 0.1) is 13.8 Å². The quantitative estimate of drug-likeness (QED) is 0.849. The Morgan fingerprint density at radius 2 is 2.00 bits per heavy atom. The van der Waals surface area contributed by atoms with Crippen LogP contribution >= 0.6 is 23.1 Å². The minimum Gasteiger partial charge on any atom is -0.497 e. The lowest BCUT2D eigenvalue weighted by Crippen LogP contribution is -2.22. The van der Waals surface area contributed by atoms with Gasteiger partial charge in [-0.1, -0.05) is 0 Å². The first-order valence-corrected chi connectivity index (χ1v) is 8.25. The Morgan fingerprint density at radius 3 is 2.52 bits per heavy atom. The van der Waals surface area contributed by atoms with E-state index in [4.69, 9.17) is 4.74 Å². The largest absolute Gasteiger partial charge is 0.497 e. The molecule has 1 heterocycles. The summed E-state index contributed by atoms with van der Waals surface area (Å²) in [6.07, 6.45) is 0. The van der Waals surface area contributed by atoms with Crippen LogP contribution in [-0.2, 0) is 4.79 Å². The van der Waals surface area contributed by atoms with Crippen molar-refractivity contribution in [2.45, 2.75) is 30.9 Å². The molecule has 1 aromatic heterocycles. The minimum absolute atomic E-state index is 0.0374. The molecule has 1 N–H and O–H groups in total. The van der Waals surface area contributed by atoms with E-state index in [2.05, 4.69) is 10.3 Å². The highest BCUT2D eigenvalue weighted by atomic mass is 32.2. The van der Waals surface area contributed by atoms with Crippen molar-refractivity contribution in [1.29, 1.82) is 0 Å². The number of benzene rings is 1. The van der Waals surface area contributed by atoms with E-state index < -0.39 is 0 Å². The van der Waals surface area contributed by atoms with Gasteiger partial charge in [0.15, 0.2) is 5.13 Å². The van der Waals surface area contributed by atoms with Crippen molar-refractivity contribution >= 4 is 34.1 Å². The predicted molar refractivity (Wildman–Crippen MR) is 88.5 cm³/mol. The lowest BCUT2D eigenvalue weighted by Gasteiger charge is -2.10. The second-order valence-electron chi connectivity index (χ2n) is 4.59. The first kappa shape index (κ1) is 15.9. The van der Waals surface area contributed by atoms with Crippen LogP contribution in [0.1, 0.15) is 17.5 Å². The molecule has 0 aliphatic carbocycles. The fourth-order valence-electron chi connectivity index (χ4n) is 1.65. The molecule has 2 aromatic rings. The van der Waals surface area contributed by atoms with E-state index in [1.54, 1.807) is 7.11 Å². The summed E-state index contributed by atoms with van der Waals surface area (Å²) in [6.45, 7) is 5.83. The Labute approximate surface area is 132 Å². The number of carbonyl (C=O) groups is 1. The van der Waals surface area contributed by atoms with Crippen LogP contribution in [-0.4, -0.2) is 23.3 Å². The third-order valence-corrected chi connectivity index (χ3v) is 5.10. The van der Waals surface area contributed by atoms with Crippen LogP contribution in [0.25, 0.3) is 0 Å². The summed E-state index contributed by atoms with van der Waals surface area (Å²) < 4.78 is 5.12. The Balaban J connectivity index is 1.95. The molecule has 1 amide bonds. The molecule has 2 rings (SSSR count). The van der Waals surface area contributed by atoms with Crippen LogP contribution in [0.3, 0.4) is 0 Å². The first-order chi connectivity index (χ1) is 9.99. The number of rotatable bonds is 5. The number of methoxy groups -OCH3 is 1. The van der Waals surface area contributed by atoms with E-state index in [1.807, 2.05) is 45.0 Å². The van der Waals surface area contributed by atoms with Crippen LogP contribution in [0.15, 0.2) is 29.2 Å². The molecule has 0 aliphatic heterocycles. The summed E-state index contributed by atoms with van der Waals surface area (Å²) in [4.78, 5) is 18.7. The zero-order valence-electron chi connectivity index (χ0n) is 12.5. The van der Waals surface area contributed by atoms with Gasteiger partial charge in [0.25, 0.3) is 0 Å². The van der Waals surface area contributed by atoms with Gasteiger partial charge in [0.1, 0.15) is 5.75 Å². The fraction of sp³-hybridized carbons (Fsp3) is 0.333. The molecule has 1 aromatic carbocycles. The third kappa shape index (κ3) is 4.22. The number of ether oxygens (including phenoxy) is 1. The highest BCUT2D eigenvalue weighted by Crippen LogP contribution is 2.27. The van der Waals surface area contributed by atoms with Crippen molar-refractivity contribution in [2.75, 3.05) is 12.4 Å². The molecule has 4 nitrogen and oxygen atoms in total. The van der Waals surface area contributed by atoms with Crippen LogP contribution in [0.2, 0.25) is 0 Å². The van der Waals surface area contributed by atoms with Gasteiger partial charge in [0, 0.05) is 9.77 Å². The number of hydrogen-bond acceptors (Lipinski definition) is 5. The fourth-order valence-corrected chi connectivity index (χ4v) is 3.33. The number of aryl methyl sites for hydroxylation is 2. The molecule has 0 spiro atoms. The molecule has 0 aliphatic rings. The van der Waals surface area contributed by atoms with E-state index in [0.29, 0.717) is 5.13 Å². The number of thiazole rings is 1. The molecule has 112 valence electrons. The number of amides is 1. The Morgan fingerprint density at radius 1 is 1.33 bits per heavy atom. The molecule has 1 atom stereocenters. The molecule has 0 bridgehead atoms. The molecule has 0 saturated carbocycles. The summed E-state index contributed by atoms with van der Waals surface area (Å²) in [5.74, 6) is 0.773. The lowest BCUT2D eigenvalue weighted by molar-refractivity contribution is -0.115. The molecular weight excluding hydrogens is 304 g/mol. The lowest BCUT2D eigenvalue weighted by atomic mass is 10.3. The highest BCUT2D eigenvalue weighted by molar-refractivity contribution is 8.00. The van der Waals surface area contributed by atoms with E-state index in [0.717, 1.165) is 21.2 Å². The molecule has 1 unspecified atom stereocenters. The van der Waals surface area contributed by atoms with Crippen LogP contribution in [0.4, 0.5) is 5.13 Å². The molecule has 0 radical (unpaired) electrons. The number of aromatic nitrogens is 1. The number of hydrogen-bond donors (Lipinski definition) is 1. The summed E-state index contributed by atoms with van der Waals surface area (Å²) in [7, 11) is 1.64. The zero-order chi connectivity index (χ0) is 15.4. The van der Waals surface area contributed by atoms with Gasteiger partial charge < -0.3 is 10.1 Å². The molecule has 21 heavy (non-hydrogen) atoms. The second-order valence-corrected chi connectivity index (χ2v) is 7.20. The van der Waals surface area contributed by atoms with Crippen molar-refractivity contribution in [2.24, 2.45) is 0 Å². The third-order valence-electron chi connectivity index (χ3n) is 3.00. The number of thioether (sulfide) groups is 1. The van der Waals surface area contributed by atoms with E-state index in [-0.39, 0.29) is 11.2 Å². The molecule has 6 heteroatoms. The topological polar surface area (TPSA) is 51.2 Å². The summed E-state index contributed by atoms with van der Waals surface area (Å²) in [5.41, 5.74) is 0.964. The van der Waals surface area contributed by atoms with E-state index >= 15 is 0 Å². The van der Waals surface area contributed by atoms with E-state index in [1.165, 1.54) is 23.1 Å². The standard InChI is InChI=1S/C15H18N2O2S2/c1-9-10(2)21-15(16-9)17-14(18)11(3)20-13-7-5-12(19-4)6-8-13/h5-8,11H,1-4H3,(H,16,17,18). The average molecular weight is 322 g/mol. The Kier molecular flexibility index (Phi) is 5.25. The normalized spacial score (nSPS) is 12.0. The maximum absolute atomic E-state index is 12.2. The molecular formula is C15H18N2O2S2. The second kappa shape index (κ2) is 6.95. The molecule has 0 fully saturated rings. The van der Waals surface area contributed by atoms with Gasteiger partial charge in [0.2, 0.25) is 5.91 Å². The molecule has 0 saturated heterocycles. The van der Waals surface area contributed by atoms with E-state index in [9.17, 15) is 4.79 Å². The number of anilines is 1. The summed E-state index contributed by atoms with van der Waals surface area (Å²) in [5, 5.41) is 3.34. The Bertz CT molecular complexity index is 604. The van der Waals surface area contributed by atoms with Crippen molar-refractivity contribution in [3.8, 4) is 5.75 Å².